The number of halogens is 1. The van der Waals surface area contributed by atoms with Crippen molar-refractivity contribution in [3.63, 3.8) is 0 Å². The molecule has 3 N–H and O–H groups in total. The topological polar surface area (TPSA) is 71.6 Å². The van der Waals surface area contributed by atoms with Crippen LogP contribution in [0.5, 0.6) is 0 Å². The lowest BCUT2D eigenvalue weighted by molar-refractivity contribution is 0.0430. The standard InChI is InChI=1S/C37H60FN3O3Si/c1-34(2,3)22-26-17-18-29-28(20-26)31(23-37(10,11)41-29)39-24-32(44-45(12,13)36(7,8)9)30(40-33(42)43-35(4,5)6)21-25-15-14-16-27(38)19-25/h14-20,30-32,39,41H,21-24H2,1-13H3,(H,40,42)/t30-,31-,32+/m0/s1. The van der Waals surface area contributed by atoms with E-state index < -0.39 is 26.1 Å². The summed E-state index contributed by atoms with van der Waals surface area (Å²) in [4.78, 5) is 13.2. The summed E-state index contributed by atoms with van der Waals surface area (Å²) < 4.78 is 27.1. The van der Waals surface area contributed by atoms with Gasteiger partial charge in [0, 0.05) is 23.8 Å². The van der Waals surface area contributed by atoms with E-state index in [-0.39, 0.29) is 34.0 Å². The average Bonchev–Trinajstić information content (AvgIpc) is 2.83. The highest BCUT2D eigenvalue weighted by Crippen LogP contribution is 2.40. The Labute approximate surface area is 273 Å². The number of hydrogen-bond acceptors (Lipinski definition) is 5. The molecule has 0 aromatic heterocycles. The van der Waals surface area contributed by atoms with Crippen LogP contribution in [-0.2, 0) is 22.0 Å². The first-order valence-electron chi connectivity index (χ1n) is 16.5. The van der Waals surface area contributed by atoms with Gasteiger partial charge in [0.2, 0.25) is 0 Å². The third-order valence-electron chi connectivity index (χ3n) is 8.73. The zero-order chi connectivity index (χ0) is 34.0. The van der Waals surface area contributed by atoms with Crippen LogP contribution in [-0.4, -0.2) is 44.2 Å². The number of fused-ring (bicyclic) bond motifs is 1. The van der Waals surface area contributed by atoms with Crippen molar-refractivity contribution in [2.75, 3.05) is 11.9 Å². The van der Waals surface area contributed by atoms with E-state index in [2.05, 4.69) is 103 Å². The Morgan fingerprint density at radius 1 is 1.02 bits per heavy atom. The maximum Gasteiger partial charge on any atom is 0.407 e. The fraction of sp³-hybridized carbons (Fsp3) is 0.649. The lowest BCUT2D eigenvalue weighted by atomic mass is 9.82. The molecule has 2 aromatic carbocycles. The zero-order valence-corrected chi connectivity index (χ0v) is 31.2. The molecule has 0 bridgehead atoms. The highest BCUT2D eigenvalue weighted by atomic mass is 28.4. The summed E-state index contributed by atoms with van der Waals surface area (Å²) >= 11 is 0. The summed E-state index contributed by atoms with van der Waals surface area (Å²) in [6.07, 6.45) is 1.39. The quantitative estimate of drug-likeness (QED) is 0.226. The van der Waals surface area contributed by atoms with Gasteiger partial charge in [-0.15, -0.1) is 0 Å². The molecule has 8 heteroatoms. The molecule has 0 aliphatic carbocycles. The van der Waals surface area contributed by atoms with Gasteiger partial charge in [0.15, 0.2) is 8.32 Å². The number of alkyl carbamates (subject to hydrolysis) is 1. The van der Waals surface area contributed by atoms with Crippen LogP contribution < -0.4 is 16.0 Å². The summed E-state index contributed by atoms with van der Waals surface area (Å²) in [5.74, 6) is -0.303. The van der Waals surface area contributed by atoms with Crippen molar-refractivity contribution in [1.82, 2.24) is 10.6 Å². The van der Waals surface area contributed by atoms with Gasteiger partial charge in [0.1, 0.15) is 11.4 Å². The third kappa shape index (κ3) is 11.4. The van der Waals surface area contributed by atoms with Gasteiger partial charge in [-0.1, -0.05) is 65.8 Å². The SMILES string of the molecule is CC(C)(C)Cc1ccc2c(c1)[C@@H](NC[C@@H](O[Si](C)(C)C(C)(C)C)[C@H](Cc1cccc(F)c1)NC(=O)OC(C)(C)C)CC(C)(C)N2. The summed E-state index contributed by atoms with van der Waals surface area (Å²) in [5.41, 5.74) is 3.92. The van der Waals surface area contributed by atoms with Gasteiger partial charge >= 0.3 is 6.09 Å². The van der Waals surface area contributed by atoms with Gasteiger partial charge in [-0.05, 0) is 112 Å². The predicted octanol–water partition coefficient (Wildman–Crippen LogP) is 9.17. The zero-order valence-electron chi connectivity index (χ0n) is 30.2. The summed E-state index contributed by atoms with van der Waals surface area (Å²) in [5, 5.41) is 10.7. The van der Waals surface area contributed by atoms with Gasteiger partial charge < -0.3 is 25.1 Å². The fourth-order valence-electron chi connectivity index (χ4n) is 5.69. The Hall–Kier alpha value is -2.42. The van der Waals surface area contributed by atoms with Crippen LogP contribution in [0.1, 0.15) is 105 Å². The number of benzene rings is 2. The highest BCUT2D eigenvalue weighted by Gasteiger charge is 2.42. The van der Waals surface area contributed by atoms with Crippen LogP contribution in [0.15, 0.2) is 42.5 Å². The maximum atomic E-state index is 14.3. The van der Waals surface area contributed by atoms with Crippen LogP contribution in [0.4, 0.5) is 14.9 Å². The van der Waals surface area contributed by atoms with E-state index in [1.165, 1.54) is 23.3 Å². The Morgan fingerprint density at radius 2 is 1.69 bits per heavy atom. The molecule has 6 nitrogen and oxygen atoms in total. The second-order valence-electron chi connectivity index (χ2n) is 17.3. The van der Waals surface area contributed by atoms with Crippen molar-refractivity contribution in [2.45, 2.75) is 143 Å². The molecule has 1 aliphatic heterocycles. The van der Waals surface area contributed by atoms with Gasteiger partial charge in [0.05, 0.1) is 12.1 Å². The smallest absolute Gasteiger partial charge is 0.407 e. The van der Waals surface area contributed by atoms with E-state index in [9.17, 15) is 9.18 Å². The van der Waals surface area contributed by atoms with Crippen LogP contribution in [0.25, 0.3) is 0 Å². The molecule has 3 rings (SSSR count). The molecule has 0 spiro atoms. The average molecular weight is 642 g/mol. The Bertz CT molecular complexity index is 1310. The first-order chi connectivity index (χ1) is 20.4. The normalized spacial score (nSPS) is 18.4. The van der Waals surface area contributed by atoms with Crippen LogP contribution in [0, 0.1) is 11.2 Å². The number of carbonyl (C=O) groups excluding carboxylic acids is 1. The first-order valence-corrected chi connectivity index (χ1v) is 19.4. The molecule has 1 amide bonds. The minimum absolute atomic E-state index is 0.0498. The Morgan fingerprint density at radius 3 is 2.27 bits per heavy atom. The molecular weight excluding hydrogens is 582 g/mol. The van der Waals surface area contributed by atoms with Gasteiger partial charge in [0.25, 0.3) is 0 Å². The number of amides is 1. The lowest BCUT2D eigenvalue weighted by Gasteiger charge is -2.43. The number of ether oxygens (including phenoxy) is 1. The van der Waals surface area contributed by atoms with Gasteiger partial charge in [-0.3, -0.25) is 0 Å². The van der Waals surface area contributed by atoms with E-state index in [0.717, 1.165) is 24.1 Å². The molecule has 0 saturated heterocycles. The summed E-state index contributed by atoms with van der Waals surface area (Å²) in [6, 6.07) is 13.0. The number of carbonyl (C=O) groups is 1. The van der Waals surface area contributed by atoms with Crippen LogP contribution in [0.3, 0.4) is 0 Å². The predicted molar refractivity (Wildman–Crippen MR) is 188 cm³/mol. The molecular formula is C37H60FN3O3Si. The van der Waals surface area contributed by atoms with Crippen LogP contribution >= 0.6 is 0 Å². The Balaban J connectivity index is 2.01. The van der Waals surface area contributed by atoms with E-state index in [4.69, 9.17) is 9.16 Å². The van der Waals surface area contributed by atoms with Crippen molar-refractivity contribution in [3.05, 3.63) is 65.0 Å². The largest absolute Gasteiger partial charge is 0.444 e. The van der Waals surface area contributed by atoms with E-state index in [0.29, 0.717) is 13.0 Å². The van der Waals surface area contributed by atoms with Gasteiger partial charge in [-0.2, -0.15) is 0 Å². The molecule has 0 saturated carbocycles. The minimum Gasteiger partial charge on any atom is -0.444 e. The van der Waals surface area contributed by atoms with E-state index in [1.54, 1.807) is 6.07 Å². The molecule has 0 unspecified atom stereocenters. The minimum atomic E-state index is -2.30. The van der Waals surface area contributed by atoms with Crippen molar-refractivity contribution >= 4 is 20.1 Å². The summed E-state index contributed by atoms with van der Waals surface area (Å²) in [6.45, 7) is 28.4. The summed E-state index contributed by atoms with van der Waals surface area (Å²) in [7, 11) is -2.30. The number of anilines is 1. The van der Waals surface area contributed by atoms with E-state index in [1.807, 2.05) is 26.8 Å². The Kier molecular flexibility index (Phi) is 11.3. The molecule has 1 heterocycles. The van der Waals surface area contributed by atoms with Crippen molar-refractivity contribution in [1.29, 1.82) is 0 Å². The molecule has 3 atom stereocenters. The monoisotopic (exact) mass is 641 g/mol. The molecule has 2 aromatic rings. The number of nitrogens with one attached hydrogen (secondary N) is 3. The highest BCUT2D eigenvalue weighted by molar-refractivity contribution is 6.74. The molecule has 0 radical (unpaired) electrons. The fourth-order valence-corrected chi connectivity index (χ4v) is 7.04. The lowest BCUT2D eigenvalue weighted by Crippen LogP contribution is -2.56. The third-order valence-corrected chi connectivity index (χ3v) is 13.2. The second kappa shape index (κ2) is 13.7. The van der Waals surface area contributed by atoms with E-state index >= 15 is 0 Å². The number of rotatable bonds is 10. The maximum absolute atomic E-state index is 14.3. The first kappa shape index (κ1) is 37.0. The second-order valence-corrected chi connectivity index (χ2v) is 22.1. The molecule has 1 aliphatic rings. The molecule has 0 fully saturated rings. The van der Waals surface area contributed by atoms with Crippen LogP contribution in [0.2, 0.25) is 18.1 Å². The van der Waals surface area contributed by atoms with Crippen molar-refractivity contribution in [2.24, 2.45) is 5.41 Å². The van der Waals surface area contributed by atoms with Gasteiger partial charge in [-0.25, -0.2) is 9.18 Å². The number of hydrogen-bond donors (Lipinski definition) is 3. The van der Waals surface area contributed by atoms with Crippen molar-refractivity contribution < 1.29 is 18.3 Å². The van der Waals surface area contributed by atoms with Crippen molar-refractivity contribution in [3.8, 4) is 0 Å². The molecule has 252 valence electrons. The molecule has 45 heavy (non-hydrogen) atoms.